The van der Waals surface area contributed by atoms with Gasteiger partial charge in [-0.05, 0) is 15.9 Å². The summed E-state index contributed by atoms with van der Waals surface area (Å²) in [5.74, 6) is 0.241. The van der Waals surface area contributed by atoms with Gasteiger partial charge in [-0.1, -0.05) is 0 Å². The number of hydrogen-bond donors (Lipinski definition) is 2. The first-order chi connectivity index (χ1) is 7.75. The average molecular weight is 296 g/mol. The smallest absolute Gasteiger partial charge is 0.222 e. The predicted octanol–water partition coefficient (Wildman–Crippen LogP) is 2.43. The van der Waals surface area contributed by atoms with Crippen LogP contribution < -0.4 is 5.73 Å². The Morgan fingerprint density at radius 2 is 2.19 bits per heavy atom. The Morgan fingerprint density at radius 1 is 1.31 bits per heavy atom. The highest BCUT2D eigenvalue weighted by Gasteiger charge is 2.13. The lowest BCUT2D eigenvalue weighted by Gasteiger charge is -2.01. The number of aromatic amines is 1. The Balaban J connectivity index is 2.38. The van der Waals surface area contributed by atoms with Gasteiger partial charge in [0.1, 0.15) is 0 Å². The number of halogens is 1. The zero-order valence-corrected chi connectivity index (χ0v) is 10.3. The van der Waals surface area contributed by atoms with Gasteiger partial charge in [0.2, 0.25) is 5.95 Å². The molecular weight excluding hydrogens is 290 g/mol. The Hall–Kier alpha value is -1.47. The van der Waals surface area contributed by atoms with Crippen LogP contribution in [0.2, 0.25) is 0 Å². The first-order valence-electron chi connectivity index (χ1n) is 4.44. The van der Waals surface area contributed by atoms with Crippen molar-refractivity contribution in [2.75, 3.05) is 5.73 Å². The summed E-state index contributed by atoms with van der Waals surface area (Å²) in [7, 11) is 0. The van der Waals surface area contributed by atoms with Crippen molar-refractivity contribution in [3.63, 3.8) is 0 Å². The molecule has 0 unspecified atom stereocenters. The Bertz CT molecular complexity index is 659. The number of nitrogen functional groups attached to an aromatic ring is 1. The number of aromatic nitrogens is 4. The molecule has 0 radical (unpaired) electrons. The summed E-state index contributed by atoms with van der Waals surface area (Å²) in [5.41, 5.74) is 8.11. The highest BCUT2D eigenvalue weighted by Crippen LogP contribution is 2.34. The molecule has 3 rings (SSSR count). The maximum absolute atomic E-state index is 5.66. The van der Waals surface area contributed by atoms with Crippen molar-refractivity contribution in [1.82, 2.24) is 20.2 Å². The fourth-order valence-corrected chi connectivity index (χ4v) is 2.97. The molecule has 0 saturated carbocycles. The van der Waals surface area contributed by atoms with Gasteiger partial charge in [-0.3, -0.25) is 5.10 Å². The molecule has 0 atom stereocenters. The highest BCUT2D eigenvalue weighted by molar-refractivity contribution is 9.10. The lowest BCUT2D eigenvalue weighted by atomic mass is 10.2. The maximum atomic E-state index is 5.66. The molecule has 0 aromatic carbocycles. The van der Waals surface area contributed by atoms with E-state index in [1.54, 1.807) is 17.5 Å². The quantitative estimate of drug-likeness (QED) is 0.722. The van der Waals surface area contributed by atoms with E-state index in [9.17, 15) is 0 Å². The molecule has 0 aliphatic carbocycles. The van der Waals surface area contributed by atoms with E-state index in [1.807, 2.05) is 10.8 Å². The summed E-state index contributed by atoms with van der Waals surface area (Å²) in [6.45, 7) is 0. The number of nitrogens with one attached hydrogen (secondary N) is 1. The molecule has 7 heteroatoms. The van der Waals surface area contributed by atoms with Crippen LogP contribution in [0.4, 0.5) is 5.95 Å². The van der Waals surface area contributed by atoms with Gasteiger partial charge in [0.25, 0.3) is 0 Å². The number of anilines is 1. The highest BCUT2D eigenvalue weighted by atomic mass is 79.9. The second-order valence-corrected chi connectivity index (χ2v) is 4.79. The van der Waals surface area contributed by atoms with Crippen LogP contribution in [-0.2, 0) is 0 Å². The monoisotopic (exact) mass is 295 g/mol. The molecule has 0 amide bonds. The van der Waals surface area contributed by atoms with Gasteiger partial charge in [-0.2, -0.15) is 21.4 Å². The normalized spacial score (nSPS) is 11.1. The fourth-order valence-electron chi connectivity index (χ4n) is 1.51. The molecule has 0 saturated heterocycles. The maximum Gasteiger partial charge on any atom is 0.222 e. The van der Waals surface area contributed by atoms with Gasteiger partial charge < -0.3 is 5.73 Å². The van der Waals surface area contributed by atoms with Crippen LogP contribution in [0, 0.1) is 0 Å². The summed E-state index contributed by atoms with van der Waals surface area (Å²) < 4.78 is 0.998. The van der Waals surface area contributed by atoms with Crippen molar-refractivity contribution in [2.45, 2.75) is 0 Å². The molecular formula is C9H6BrN5S. The number of nitrogens with zero attached hydrogens (tertiary/aromatic N) is 3. The van der Waals surface area contributed by atoms with Crippen LogP contribution >= 0.6 is 27.3 Å². The van der Waals surface area contributed by atoms with Crippen LogP contribution in [0.25, 0.3) is 22.3 Å². The summed E-state index contributed by atoms with van der Waals surface area (Å²) in [4.78, 5) is 8.33. The minimum atomic E-state index is 0.241. The van der Waals surface area contributed by atoms with E-state index in [4.69, 9.17) is 5.73 Å². The van der Waals surface area contributed by atoms with E-state index in [0.29, 0.717) is 5.65 Å². The zero-order valence-electron chi connectivity index (χ0n) is 7.94. The van der Waals surface area contributed by atoms with Crippen molar-refractivity contribution < 1.29 is 0 Å². The summed E-state index contributed by atoms with van der Waals surface area (Å²) >= 11 is 5.08. The van der Waals surface area contributed by atoms with Crippen molar-refractivity contribution in [3.05, 3.63) is 21.4 Å². The van der Waals surface area contributed by atoms with Crippen molar-refractivity contribution in [1.29, 1.82) is 0 Å². The largest absolute Gasteiger partial charge is 0.368 e. The van der Waals surface area contributed by atoms with Gasteiger partial charge in [-0.25, -0.2) is 4.98 Å². The second-order valence-electron chi connectivity index (χ2n) is 3.20. The SMILES string of the molecule is Nc1nc(-c2cscc2Br)c2cn[nH]c2n1. The molecule has 3 aromatic heterocycles. The molecule has 80 valence electrons. The van der Waals surface area contributed by atoms with E-state index in [1.165, 1.54) is 0 Å². The Labute approximate surface area is 103 Å². The fraction of sp³-hybridized carbons (Fsp3) is 0. The van der Waals surface area contributed by atoms with Crippen LogP contribution in [0.3, 0.4) is 0 Å². The van der Waals surface area contributed by atoms with E-state index < -0.39 is 0 Å². The summed E-state index contributed by atoms with van der Waals surface area (Å²) in [6.07, 6.45) is 1.70. The van der Waals surface area contributed by atoms with Crippen molar-refractivity contribution in [2.24, 2.45) is 0 Å². The van der Waals surface area contributed by atoms with Gasteiger partial charge >= 0.3 is 0 Å². The van der Waals surface area contributed by atoms with Gasteiger partial charge in [0, 0.05) is 20.8 Å². The van der Waals surface area contributed by atoms with E-state index in [2.05, 4.69) is 36.1 Å². The molecule has 5 nitrogen and oxygen atoms in total. The standard InChI is InChI=1S/C9H6BrN5S/c10-6-3-16-2-5(6)7-4-1-12-15-8(4)14-9(11)13-7/h1-3H,(H3,11,12,13,14,15). The van der Waals surface area contributed by atoms with E-state index in [0.717, 1.165) is 21.1 Å². The Morgan fingerprint density at radius 3 is 2.94 bits per heavy atom. The topological polar surface area (TPSA) is 80.5 Å². The molecule has 16 heavy (non-hydrogen) atoms. The number of H-pyrrole nitrogens is 1. The number of fused-ring (bicyclic) bond motifs is 1. The minimum Gasteiger partial charge on any atom is -0.368 e. The Kier molecular flexibility index (Phi) is 2.15. The zero-order chi connectivity index (χ0) is 11.1. The number of nitrogens with two attached hydrogens (primary N) is 1. The molecule has 0 fully saturated rings. The molecule has 0 aliphatic rings. The second kappa shape index (κ2) is 3.53. The minimum absolute atomic E-state index is 0.241. The molecule has 0 bridgehead atoms. The number of thiophene rings is 1. The molecule has 3 aromatic rings. The van der Waals surface area contributed by atoms with E-state index in [-0.39, 0.29) is 5.95 Å². The van der Waals surface area contributed by atoms with Crippen LogP contribution in [0.5, 0.6) is 0 Å². The first-order valence-corrected chi connectivity index (χ1v) is 6.18. The van der Waals surface area contributed by atoms with Gasteiger partial charge in [0.05, 0.1) is 17.3 Å². The number of hydrogen-bond acceptors (Lipinski definition) is 5. The lowest BCUT2D eigenvalue weighted by molar-refractivity contribution is 1.09. The molecule has 0 spiro atoms. The van der Waals surface area contributed by atoms with Gasteiger partial charge in [0.15, 0.2) is 5.65 Å². The predicted molar refractivity (Wildman–Crippen MR) is 67.1 cm³/mol. The van der Waals surface area contributed by atoms with Crippen molar-refractivity contribution >= 4 is 44.2 Å². The number of rotatable bonds is 1. The first kappa shape index (κ1) is 9.73. The van der Waals surface area contributed by atoms with Crippen LogP contribution in [0.1, 0.15) is 0 Å². The summed E-state index contributed by atoms with van der Waals surface area (Å²) in [6, 6.07) is 0. The molecule has 3 N–H and O–H groups in total. The van der Waals surface area contributed by atoms with Crippen LogP contribution in [0.15, 0.2) is 21.4 Å². The third-order valence-corrected chi connectivity index (χ3v) is 3.90. The molecule has 0 aliphatic heterocycles. The average Bonchev–Trinajstić information content (AvgIpc) is 2.84. The molecule has 3 heterocycles. The third-order valence-electron chi connectivity index (χ3n) is 2.20. The van der Waals surface area contributed by atoms with Gasteiger partial charge in [-0.15, -0.1) is 0 Å². The summed E-state index contributed by atoms with van der Waals surface area (Å²) in [5, 5.41) is 11.6. The van der Waals surface area contributed by atoms with Crippen LogP contribution in [-0.4, -0.2) is 20.2 Å². The van der Waals surface area contributed by atoms with Crippen molar-refractivity contribution in [3.8, 4) is 11.3 Å². The lowest BCUT2D eigenvalue weighted by Crippen LogP contribution is -1.97. The van der Waals surface area contributed by atoms with E-state index >= 15 is 0 Å². The third kappa shape index (κ3) is 1.40.